The third kappa shape index (κ3) is 2.97. The van der Waals surface area contributed by atoms with Crippen LogP contribution in [0.3, 0.4) is 0 Å². The summed E-state index contributed by atoms with van der Waals surface area (Å²) in [4.78, 5) is 24.3. The smallest absolute Gasteiger partial charge is 0.258 e. The van der Waals surface area contributed by atoms with Gasteiger partial charge >= 0.3 is 0 Å². The lowest BCUT2D eigenvalue weighted by Crippen LogP contribution is -2.36. The molecule has 0 aliphatic carbocycles. The summed E-state index contributed by atoms with van der Waals surface area (Å²) in [5.41, 5.74) is 4.42. The van der Waals surface area contributed by atoms with Crippen LogP contribution in [0.2, 0.25) is 0 Å². The highest BCUT2D eigenvalue weighted by molar-refractivity contribution is 7.10. The molecule has 4 nitrogen and oxygen atoms in total. The molecular formula is C23H21N3OS. The second-order valence-corrected chi connectivity index (χ2v) is 8.32. The van der Waals surface area contributed by atoms with E-state index in [2.05, 4.69) is 51.7 Å². The van der Waals surface area contributed by atoms with E-state index >= 15 is 0 Å². The number of rotatable bonds is 3. The van der Waals surface area contributed by atoms with Crippen molar-refractivity contribution < 1.29 is 0 Å². The molecule has 0 amide bonds. The molecule has 0 saturated heterocycles. The van der Waals surface area contributed by atoms with Crippen molar-refractivity contribution in [3.63, 3.8) is 0 Å². The molecule has 28 heavy (non-hydrogen) atoms. The normalized spacial score (nSPS) is 17.0. The molecule has 1 aliphatic rings. The van der Waals surface area contributed by atoms with Crippen LogP contribution in [0.15, 0.2) is 64.8 Å². The van der Waals surface area contributed by atoms with Crippen molar-refractivity contribution in [3.8, 4) is 0 Å². The molecule has 3 heterocycles. The van der Waals surface area contributed by atoms with Crippen LogP contribution in [0, 0.1) is 6.92 Å². The molecule has 0 unspecified atom stereocenters. The largest absolute Gasteiger partial charge is 0.309 e. The predicted octanol–water partition coefficient (Wildman–Crippen LogP) is 4.44. The Kier molecular flexibility index (Phi) is 4.34. The zero-order valence-electron chi connectivity index (χ0n) is 15.7. The number of thiophene rings is 1. The SMILES string of the molecule is Cc1cccc2c(=O)[nH]c(CN3CCc4sccc4[C@H]3c3ccccc3)nc12. The molecule has 0 radical (unpaired) electrons. The van der Waals surface area contributed by atoms with E-state index < -0.39 is 0 Å². The summed E-state index contributed by atoms with van der Waals surface area (Å²) in [7, 11) is 0. The van der Waals surface area contributed by atoms with Crippen LogP contribution in [0.25, 0.3) is 10.9 Å². The minimum Gasteiger partial charge on any atom is -0.309 e. The molecule has 4 aromatic rings. The maximum absolute atomic E-state index is 12.6. The number of aromatic nitrogens is 2. The van der Waals surface area contributed by atoms with Gasteiger partial charge in [0.05, 0.1) is 23.5 Å². The van der Waals surface area contributed by atoms with Crippen molar-refractivity contribution >= 4 is 22.2 Å². The summed E-state index contributed by atoms with van der Waals surface area (Å²) in [6.45, 7) is 3.57. The van der Waals surface area contributed by atoms with Gasteiger partial charge < -0.3 is 4.98 Å². The van der Waals surface area contributed by atoms with Gasteiger partial charge in [-0.15, -0.1) is 11.3 Å². The zero-order valence-corrected chi connectivity index (χ0v) is 16.5. The van der Waals surface area contributed by atoms with E-state index in [0.717, 1.165) is 29.9 Å². The average Bonchev–Trinajstić information content (AvgIpc) is 3.18. The fourth-order valence-electron chi connectivity index (χ4n) is 4.18. The van der Waals surface area contributed by atoms with Gasteiger partial charge in [0, 0.05) is 11.4 Å². The summed E-state index contributed by atoms with van der Waals surface area (Å²) in [6.07, 6.45) is 1.03. The Hall–Kier alpha value is -2.76. The Morgan fingerprint density at radius 2 is 2.00 bits per heavy atom. The van der Waals surface area contributed by atoms with E-state index in [4.69, 9.17) is 4.98 Å². The van der Waals surface area contributed by atoms with Crippen LogP contribution in [0.4, 0.5) is 0 Å². The van der Waals surface area contributed by atoms with Crippen molar-refractivity contribution in [2.75, 3.05) is 6.54 Å². The maximum atomic E-state index is 12.6. The highest BCUT2D eigenvalue weighted by Gasteiger charge is 2.30. The van der Waals surface area contributed by atoms with Crippen LogP contribution in [-0.4, -0.2) is 21.4 Å². The van der Waals surface area contributed by atoms with Crippen LogP contribution >= 0.6 is 11.3 Å². The third-order valence-corrected chi connectivity index (χ3v) is 6.52. The van der Waals surface area contributed by atoms with E-state index in [1.54, 1.807) is 0 Å². The standard InChI is InChI=1S/C23H21N3OS/c1-15-6-5-9-18-21(15)24-20(25-23(18)27)14-26-12-10-19-17(11-13-28-19)22(26)16-7-3-2-4-8-16/h2-9,11,13,22H,10,12,14H2,1H3,(H,24,25,27)/t22-/m1/s1. The minimum atomic E-state index is -0.0619. The number of nitrogens with one attached hydrogen (secondary N) is 1. The van der Waals surface area contributed by atoms with Crippen molar-refractivity contribution in [3.05, 3.63) is 97.7 Å². The molecule has 1 atom stereocenters. The van der Waals surface area contributed by atoms with E-state index in [1.807, 2.05) is 36.5 Å². The van der Waals surface area contributed by atoms with Gasteiger partial charge in [0.1, 0.15) is 5.82 Å². The number of hydrogen-bond donors (Lipinski definition) is 1. The quantitative estimate of drug-likeness (QED) is 0.565. The summed E-state index contributed by atoms with van der Waals surface area (Å²) >= 11 is 1.84. The minimum absolute atomic E-state index is 0.0619. The van der Waals surface area contributed by atoms with Gasteiger partial charge in [0.2, 0.25) is 0 Å². The molecule has 1 N–H and O–H groups in total. The van der Waals surface area contributed by atoms with E-state index in [9.17, 15) is 4.79 Å². The summed E-state index contributed by atoms with van der Waals surface area (Å²) in [5.74, 6) is 0.728. The first-order chi connectivity index (χ1) is 13.7. The molecule has 5 rings (SSSR count). The van der Waals surface area contributed by atoms with Crippen LogP contribution in [0.5, 0.6) is 0 Å². The van der Waals surface area contributed by atoms with Gasteiger partial charge in [-0.25, -0.2) is 4.98 Å². The molecule has 0 bridgehead atoms. The number of fused-ring (bicyclic) bond motifs is 2. The molecule has 0 spiro atoms. The Morgan fingerprint density at radius 3 is 2.86 bits per heavy atom. The fourth-order valence-corrected chi connectivity index (χ4v) is 5.09. The number of para-hydroxylation sites is 1. The van der Waals surface area contributed by atoms with Gasteiger partial charge in [0.15, 0.2) is 0 Å². The van der Waals surface area contributed by atoms with E-state index in [-0.39, 0.29) is 11.6 Å². The first-order valence-electron chi connectivity index (χ1n) is 9.54. The lowest BCUT2D eigenvalue weighted by atomic mass is 9.93. The number of hydrogen-bond acceptors (Lipinski definition) is 4. The zero-order chi connectivity index (χ0) is 19.1. The fraction of sp³-hybridized carbons (Fsp3) is 0.217. The van der Waals surface area contributed by atoms with E-state index in [1.165, 1.54) is 16.0 Å². The average molecular weight is 388 g/mol. The first kappa shape index (κ1) is 17.3. The van der Waals surface area contributed by atoms with Crippen LogP contribution in [-0.2, 0) is 13.0 Å². The molecule has 1 aliphatic heterocycles. The van der Waals surface area contributed by atoms with Gasteiger partial charge in [-0.1, -0.05) is 42.5 Å². The number of aryl methyl sites for hydroxylation is 1. The Bertz CT molecular complexity index is 1200. The van der Waals surface area contributed by atoms with Crippen molar-refractivity contribution in [2.24, 2.45) is 0 Å². The number of nitrogens with zero attached hydrogens (tertiary/aromatic N) is 2. The molecular weight excluding hydrogens is 366 g/mol. The van der Waals surface area contributed by atoms with Crippen molar-refractivity contribution in [1.29, 1.82) is 0 Å². The molecule has 140 valence electrons. The summed E-state index contributed by atoms with van der Waals surface area (Å²) < 4.78 is 0. The molecule has 5 heteroatoms. The first-order valence-corrected chi connectivity index (χ1v) is 10.4. The molecule has 2 aromatic heterocycles. The van der Waals surface area contributed by atoms with E-state index in [0.29, 0.717) is 11.9 Å². The summed E-state index contributed by atoms with van der Waals surface area (Å²) in [6, 6.07) is 18.8. The molecule has 0 saturated carbocycles. The Labute approximate surface area is 167 Å². The highest BCUT2D eigenvalue weighted by atomic mass is 32.1. The number of benzene rings is 2. The van der Waals surface area contributed by atoms with Gasteiger partial charge in [0.25, 0.3) is 5.56 Å². The Balaban J connectivity index is 1.56. The number of H-pyrrole nitrogens is 1. The van der Waals surface area contributed by atoms with Crippen LogP contribution < -0.4 is 5.56 Å². The van der Waals surface area contributed by atoms with Crippen molar-refractivity contribution in [1.82, 2.24) is 14.9 Å². The van der Waals surface area contributed by atoms with Crippen LogP contribution in [0.1, 0.15) is 33.4 Å². The number of aromatic amines is 1. The topological polar surface area (TPSA) is 49.0 Å². The maximum Gasteiger partial charge on any atom is 0.258 e. The monoisotopic (exact) mass is 387 g/mol. The second-order valence-electron chi connectivity index (χ2n) is 7.32. The van der Waals surface area contributed by atoms with Gasteiger partial charge in [-0.2, -0.15) is 0 Å². The molecule has 2 aromatic carbocycles. The summed E-state index contributed by atoms with van der Waals surface area (Å²) in [5, 5.41) is 2.84. The van der Waals surface area contributed by atoms with Crippen molar-refractivity contribution in [2.45, 2.75) is 25.9 Å². The lowest BCUT2D eigenvalue weighted by Gasteiger charge is -2.36. The van der Waals surface area contributed by atoms with Gasteiger partial charge in [-0.05, 0) is 47.5 Å². The Morgan fingerprint density at radius 1 is 1.14 bits per heavy atom. The lowest BCUT2D eigenvalue weighted by molar-refractivity contribution is 0.201. The second kappa shape index (κ2) is 7.00. The third-order valence-electron chi connectivity index (χ3n) is 5.52. The molecule has 0 fully saturated rings. The highest BCUT2D eigenvalue weighted by Crippen LogP contribution is 2.38. The van der Waals surface area contributed by atoms with Gasteiger partial charge in [-0.3, -0.25) is 9.69 Å². The predicted molar refractivity (Wildman–Crippen MR) is 114 cm³/mol.